The fraction of sp³-hybridized carbons (Fsp3) is 0.531. The molecular weight excluding hydrogens is 604 g/mol. The third-order valence-corrected chi connectivity index (χ3v) is 10.9. The Balaban J connectivity index is 1.22. The minimum atomic E-state index is -3.48. The van der Waals surface area contributed by atoms with Gasteiger partial charge >= 0.3 is 0 Å². The number of hydrogen-bond donors (Lipinski definition) is 3. The topological polar surface area (TPSA) is 156 Å². The van der Waals surface area contributed by atoms with Gasteiger partial charge in [-0.1, -0.05) is 0 Å². The second-order valence-electron chi connectivity index (χ2n) is 13.3. The molecule has 4 aromatic rings. The third-order valence-electron chi connectivity index (χ3n) is 8.84. The van der Waals surface area contributed by atoms with Crippen LogP contribution in [0.2, 0.25) is 0 Å². The first-order valence-corrected chi connectivity index (χ1v) is 17.5. The molecular formula is C32H44N10O3S. The summed E-state index contributed by atoms with van der Waals surface area (Å²) in [6.07, 6.45) is 14.5. The molecule has 2 aliphatic carbocycles. The molecule has 4 heterocycles. The maximum absolute atomic E-state index is 12.6. The number of pyridine rings is 1. The molecule has 0 unspecified atom stereocenters. The molecule has 0 saturated heterocycles. The van der Waals surface area contributed by atoms with Crippen molar-refractivity contribution in [1.82, 2.24) is 38.8 Å². The number of aliphatic hydroxyl groups is 1. The summed E-state index contributed by atoms with van der Waals surface area (Å²) in [7, 11) is 0.665. The summed E-state index contributed by atoms with van der Waals surface area (Å²) in [5, 5.41) is 26.2. The lowest BCUT2D eigenvalue weighted by molar-refractivity contribution is -0.000391. The maximum atomic E-state index is 12.6. The summed E-state index contributed by atoms with van der Waals surface area (Å²) >= 11 is 0. The lowest BCUT2D eigenvalue weighted by Gasteiger charge is -2.36. The van der Waals surface area contributed by atoms with E-state index in [1.165, 1.54) is 12.4 Å². The van der Waals surface area contributed by atoms with E-state index in [9.17, 15) is 13.5 Å². The Hall–Kier alpha value is -3.88. The van der Waals surface area contributed by atoms with Crippen molar-refractivity contribution in [3.8, 4) is 22.6 Å². The standard InChI is InChI=1S/C32H44N10O3S/c1-32(2,43)23-6-8-24(9-7-23)36-28-18-30(34-20-26(28)27-13-17-41(39-27)16-5-15-40(3)4)37-29-12-14-33-31(38-29)22-19-35-42(21-22)46(44,45)25-10-11-25/h12-14,17-21,23-25,43H,5-11,15-16H2,1-4H3,(H2,33,34,36,37,38). The molecule has 6 rings (SSSR count). The van der Waals surface area contributed by atoms with Crippen LogP contribution in [0.4, 0.5) is 17.3 Å². The summed E-state index contributed by atoms with van der Waals surface area (Å²) in [5.41, 5.74) is 2.52. The van der Waals surface area contributed by atoms with Crippen LogP contribution in [0.25, 0.3) is 22.6 Å². The fourth-order valence-electron chi connectivity index (χ4n) is 5.97. The van der Waals surface area contributed by atoms with Gasteiger partial charge in [-0.25, -0.2) is 23.4 Å². The number of rotatable bonds is 13. The van der Waals surface area contributed by atoms with Gasteiger partial charge in [0.15, 0.2) is 5.82 Å². The Kier molecular flexibility index (Phi) is 9.12. The minimum absolute atomic E-state index is 0.254. The molecule has 0 spiro atoms. The monoisotopic (exact) mass is 648 g/mol. The number of anilines is 3. The number of aryl methyl sites for hydroxylation is 1. The number of nitrogens with zero attached hydrogens (tertiary/aromatic N) is 8. The predicted molar refractivity (Wildman–Crippen MR) is 178 cm³/mol. The molecule has 13 nitrogen and oxygen atoms in total. The quantitative estimate of drug-likeness (QED) is 0.189. The van der Waals surface area contributed by atoms with E-state index in [1.807, 2.05) is 43.1 Å². The van der Waals surface area contributed by atoms with Gasteiger partial charge in [0.05, 0.1) is 34.5 Å². The van der Waals surface area contributed by atoms with E-state index in [4.69, 9.17) is 10.1 Å². The smallest absolute Gasteiger partial charge is 0.256 e. The molecule has 14 heteroatoms. The third kappa shape index (κ3) is 7.56. The molecule has 0 amide bonds. The Bertz CT molecular complexity index is 1750. The molecule has 246 valence electrons. The average Bonchev–Trinajstić information content (AvgIpc) is 3.57. The highest BCUT2D eigenvalue weighted by atomic mass is 32.2. The van der Waals surface area contributed by atoms with Crippen LogP contribution >= 0.6 is 0 Å². The van der Waals surface area contributed by atoms with E-state index < -0.39 is 15.6 Å². The van der Waals surface area contributed by atoms with Crippen LogP contribution in [-0.4, -0.2) is 89.9 Å². The number of hydrogen-bond acceptors (Lipinski definition) is 11. The predicted octanol–water partition coefficient (Wildman–Crippen LogP) is 4.38. The van der Waals surface area contributed by atoms with Gasteiger partial charge in [0, 0.05) is 48.5 Å². The van der Waals surface area contributed by atoms with E-state index in [0.29, 0.717) is 35.9 Å². The Labute approximate surface area is 270 Å². The fourth-order valence-corrected chi connectivity index (χ4v) is 7.44. The second-order valence-corrected chi connectivity index (χ2v) is 15.4. The van der Waals surface area contributed by atoms with Crippen LogP contribution in [-0.2, 0) is 16.6 Å². The van der Waals surface area contributed by atoms with Gasteiger partial charge in [0.25, 0.3) is 10.0 Å². The van der Waals surface area contributed by atoms with E-state index in [1.54, 1.807) is 12.3 Å². The summed E-state index contributed by atoms with van der Waals surface area (Å²) in [6, 6.07) is 6.00. The molecule has 0 aromatic carbocycles. The van der Waals surface area contributed by atoms with Gasteiger partial charge in [0.1, 0.15) is 11.6 Å². The lowest BCUT2D eigenvalue weighted by Crippen LogP contribution is -2.37. The van der Waals surface area contributed by atoms with E-state index in [0.717, 1.165) is 66.2 Å². The first-order chi connectivity index (χ1) is 22.0. The summed E-state index contributed by atoms with van der Waals surface area (Å²) < 4.78 is 28.2. The van der Waals surface area contributed by atoms with Crippen LogP contribution in [0.1, 0.15) is 58.8 Å². The molecule has 3 N–H and O–H groups in total. The zero-order valence-electron chi connectivity index (χ0n) is 27.0. The van der Waals surface area contributed by atoms with Crippen molar-refractivity contribution in [2.24, 2.45) is 5.92 Å². The summed E-state index contributed by atoms with van der Waals surface area (Å²) in [4.78, 5) is 15.9. The van der Waals surface area contributed by atoms with Gasteiger partial charge < -0.3 is 20.6 Å². The van der Waals surface area contributed by atoms with Crippen molar-refractivity contribution in [3.05, 3.63) is 49.2 Å². The van der Waals surface area contributed by atoms with Gasteiger partial charge in [-0.15, -0.1) is 0 Å². The molecule has 0 aliphatic heterocycles. The van der Waals surface area contributed by atoms with Crippen molar-refractivity contribution < 1.29 is 13.5 Å². The maximum Gasteiger partial charge on any atom is 0.256 e. The van der Waals surface area contributed by atoms with E-state index in [-0.39, 0.29) is 17.2 Å². The van der Waals surface area contributed by atoms with Gasteiger partial charge in [-0.05, 0) is 97.5 Å². The molecule has 2 aliphatic rings. The molecule has 2 fully saturated rings. The minimum Gasteiger partial charge on any atom is -0.390 e. The lowest BCUT2D eigenvalue weighted by atomic mass is 9.77. The molecule has 2 saturated carbocycles. The van der Waals surface area contributed by atoms with Gasteiger partial charge in [0.2, 0.25) is 0 Å². The number of aromatic nitrogens is 7. The van der Waals surface area contributed by atoms with Crippen LogP contribution in [0, 0.1) is 5.92 Å². The van der Waals surface area contributed by atoms with Crippen LogP contribution in [0.5, 0.6) is 0 Å². The highest BCUT2D eigenvalue weighted by Gasteiger charge is 2.38. The van der Waals surface area contributed by atoms with Crippen molar-refractivity contribution in [3.63, 3.8) is 0 Å². The zero-order chi connectivity index (χ0) is 32.5. The van der Waals surface area contributed by atoms with E-state index >= 15 is 0 Å². The molecule has 0 bridgehead atoms. The molecule has 4 aromatic heterocycles. The highest BCUT2D eigenvalue weighted by molar-refractivity contribution is 7.90. The Morgan fingerprint density at radius 3 is 2.54 bits per heavy atom. The van der Waals surface area contributed by atoms with Crippen molar-refractivity contribution in [2.45, 2.75) is 82.2 Å². The van der Waals surface area contributed by atoms with Crippen LogP contribution < -0.4 is 10.6 Å². The molecule has 0 atom stereocenters. The van der Waals surface area contributed by atoms with Gasteiger partial charge in [-0.3, -0.25) is 4.68 Å². The Morgan fingerprint density at radius 2 is 1.83 bits per heavy atom. The van der Waals surface area contributed by atoms with Crippen molar-refractivity contribution in [2.75, 3.05) is 31.3 Å². The first kappa shape index (κ1) is 32.1. The largest absolute Gasteiger partial charge is 0.390 e. The van der Waals surface area contributed by atoms with Crippen LogP contribution in [0.15, 0.2) is 49.2 Å². The SMILES string of the molecule is CN(C)CCCn1ccc(-c2cnc(Nc3ccnc(-c4cnn(S(=O)(=O)C5CC5)c4)n3)cc2NC2CCC(C(C)(C)O)CC2)n1. The normalized spacial score (nSPS) is 19.0. The van der Waals surface area contributed by atoms with Crippen molar-refractivity contribution in [1.29, 1.82) is 0 Å². The zero-order valence-corrected chi connectivity index (χ0v) is 27.8. The summed E-state index contributed by atoms with van der Waals surface area (Å²) in [6.45, 7) is 5.63. The Morgan fingerprint density at radius 1 is 1.04 bits per heavy atom. The number of nitrogens with one attached hydrogen (secondary N) is 2. The molecule has 0 radical (unpaired) electrons. The second kappa shape index (κ2) is 13.1. The average molecular weight is 649 g/mol. The first-order valence-electron chi connectivity index (χ1n) is 16.0. The summed E-state index contributed by atoms with van der Waals surface area (Å²) in [5.74, 6) is 1.76. The van der Waals surface area contributed by atoms with E-state index in [2.05, 4.69) is 44.7 Å². The highest BCUT2D eigenvalue weighted by Crippen LogP contribution is 2.36. The van der Waals surface area contributed by atoms with Gasteiger partial charge in [-0.2, -0.15) is 14.3 Å². The van der Waals surface area contributed by atoms with Crippen molar-refractivity contribution >= 4 is 27.3 Å². The van der Waals surface area contributed by atoms with Crippen LogP contribution in [0.3, 0.4) is 0 Å². The molecule has 46 heavy (non-hydrogen) atoms.